The Bertz CT molecular complexity index is 743. The normalized spacial score (nSPS) is 10.5. The van der Waals surface area contributed by atoms with Crippen LogP contribution < -0.4 is 10.1 Å². The van der Waals surface area contributed by atoms with Gasteiger partial charge in [0.25, 0.3) is 5.91 Å². The van der Waals surface area contributed by atoms with E-state index in [9.17, 15) is 18.4 Å². The number of rotatable bonds is 10. The number of hydrogen-bond acceptors (Lipinski definition) is 5. The van der Waals surface area contributed by atoms with Gasteiger partial charge in [-0.2, -0.15) is 8.78 Å². The number of halogens is 2. The van der Waals surface area contributed by atoms with E-state index in [1.807, 2.05) is 30.3 Å². The van der Waals surface area contributed by atoms with Crippen molar-refractivity contribution in [2.24, 2.45) is 0 Å². The van der Waals surface area contributed by atoms with E-state index in [2.05, 4.69) is 10.1 Å². The Balaban J connectivity index is 1.67. The summed E-state index contributed by atoms with van der Waals surface area (Å²) in [5.41, 5.74) is -0.162. The molecule has 8 heteroatoms. The topological polar surface area (TPSA) is 64.6 Å². The fraction of sp³-hybridized carbons (Fsp3) is 0.263. The number of benzene rings is 2. The van der Waals surface area contributed by atoms with E-state index in [0.29, 0.717) is 6.54 Å². The molecule has 0 aliphatic rings. The van der Waals surface area contributed by atoms with Crippen molar-refractivity contribution < 1.29 is 27.8 Å². The predicted octanol–water partition coefficient (Wildman–Crippen LogP) is 3.74. The minimum atomic E-state index is -3.06. The smallest absolute Gasteiger partial charge is 0.387 e. The molecule has 2 rings (SSSR count). The van der Waals surface area contributed by atoms with Crippen LogP contribution in [-0.4, -0.2) is 37.4 Å². The Labute approximate surface area is 160 Å². The van der Waals surface area contributed by atoms with Crippen LogP contribution in [0.25, 0.3) is 0 Å². The zero-order valence-electron chi connectivity index (χ0n) is 14.4. The summed E-state index contributed by atoms with van der Waals surface area (Å²) in [6.45, 7) is -3.11. The van der Waals surface area contributed by atoms with Crippen LogP contribution in [0.3, 0.4) is 0 Å². The van der Waals surface area contributed by atoms with Gasteiger partial charge in [0.05, 0.1) is 0 Å². The van der Waals surface area contributed by atoms with Crippen molar-refractivity contribution in [3.63, 3.8) is 0 Å². The molecule has 1 N–H and O–H groups in total. The van der Waals surface area contributed by atoms with Gasteiger partial charge in [0.1, 0.15) is 11.3 Å². The molecule has 2 aromatic carbocycles. The lowest BCUT2D eigenvalue weighted by Gasteiger charge is -2.10. The summed E-state index contributed by atoms with van der Waals surface area (Å²) in [6, 6.07) is 15.4. The lowest BCUT2D eigenvalue weighted by Crippen LogP contribution is -2.30. The number of carbonyl (C=O) groups is 2. The molecule has 0 aromatic heterocycles. The summed E-state index contributed by atoms with van der Waals surface area (Å²) in [5.74, 6) is -0.820. The number of nitrogens with one attached hydrogen (secondary N) is 1. The van der Waals surface area contributed by atoms with Crippen LogP contribution in [0.15, 0.2) is 59.5 Å². The second-order valence-corrected chi connectivity index (χ2v) is 6.48. The number of alkyl halides is 2. The van der Waals surface area contributed by atoms with Crippen LogP contribution in [-0.2, 0) is 9.53 Å². The third-order valence-electron chi connectivity index (χ3n) is 3.31. The Hall–Kier alpha value is -2.61. The lowest BCUT2D eigenvalue weighted by atomic mass is 10.2. The maximum absolute atomic E-state index is 12.3. The highest BCUT2D eigenvalue weighted by Crippen LogP contribution is 2.21. The number of ether oxygens (including phenoxy) is 2. The highest BCUT2D eigenvalue weighted by atomic mass is 32.2. The van der Waals surface area contributed by atoms with Gasteiger partial charge in [0, 0.05) is 11.4 Å². The van der Waals surface area contributed by atoms with Crippen molar-refractivity contribution in [2.45, 2.75) is 17.9 Å². The van der Waals surface area contributed by atoms with E-state index < -0.39 is 25.1 Å². The van der Waals surface area contributed by atoms with Gasteiger partial charge < -0.3 is 14.8 Å². The molecule has 0 atom stereocenters. The van der Waals surface area contributed by atoms with E-state index in [-0.39, 0.29) is 11.3 Å². The van der Waals surface area contributed by atoms with Crippen LogP contribution in [0.4, 0.5) is 8.78 Å². The van der Waals surface area contributed by atoms with Crippen molar-refractivity contribution in [3.05, 3.63) is 60.2 Å². The van der Waals surface area contributed by atoms with Gasteiger partial charge in [-0.25, -0.2) is 4.79 Å². The van der Waals surface area contributed by atoms with E-state index >= 15 is 0 Å². The number of hydrogen-bond donors (Lipinski definition) is 1. The van der Waals surface area contributed by atoms with Crippen molar-refractivity contribution in [2.75, 3.05) is 18.9 Å². The first-order chi connectivity index (χ1) is 13.1. The second kappa shape index (κ2) is 11.2. The van der Waals surface area contributed by atoms with Gasteiger partial charge in [-0.3, -0.25) is 4.79 Å². The number of para-hydroxylation sites is 1. The molecule has 0 heterocycles. The first kappa shape index (κ1) is 20.7. The van der Waals surface area contributed by atoms with Gasteiger partial charge >= 0.3 is 12.6 Å². The third kappa shape index (κ3) is 7.65. The quantitative estimate of drug-likeness (QED) is 0.377. The summed E-state index contributed by atoms with van der Waals surface area (Å²) >= 11 is 1.68. The summed E-state index contributed by atoms with van der Waals surface area (Å²) in [4.78, 5) is 24.8. The molecule has 5 nitrogen and oxygen atoms in total. The van der Waals surface area contributed by atoms with Crippen LogP contribution in [0.1, 0.15) is 16.8 Å². The fourth-order valence-electron chi connectivity index (χ4n) is 2.10. The Kier molecular flexibility index (Phi) is 8.57. The molecule has 0 fully saturated rings. The Morgan fingerprint density at radius 3 is 2.48 bits per heavy atom. The summed E-state index contributed by atoms with van der Waals surface area (Å²) in [6.07, 6.45) is 0.754. The monoisotopic (exact) mass is 395 g/mol. The number of amides is 1. The third-order valence-corrected chi connectivity index (χ3v) is 4.41. The van der Waals surface area contributed by atoms with Gasteiger partial charge in [-0.05, 0) is 36.4 Å². The van der Waals surface area contributed by atoms with Gasteiger partial charge in [0.2, 0.25) is 0 Å². The van der Waals surface area contributed by atoms with E-state index in [4.69, 9.17) is 4.74 Å². The maximum atomic E-state index is 12.3. The molecule has 0 aliphatic carbocycles. The lowest BCUT2D eigenvalue weighted by molar-refractivity contribution is -0.124. The molecule has 0 radical (unpaired) electrons. The summed E-state index contributed by atoms with van der Waals surface area (Å²) in [5, 5.41) is 2.64. The van der Waals surface area contributed by atoms with Gasteiger partial charge in [-0.1, -0.05) is 30.3 Å². The fourth-order valence-corrected chi connectivity index (χ4v) is 2.97. The Morgan fingerprint density at radius 2 is 1.74 bits per heavy atom. The zero-order chi connectivity index (χ0) is 19.5. The van der Waals surface area contributed by atoms with Gasteiger partial charge in [-0.15, -0.1) is 11.8 Å². The van der Waals surface area contributed by atoms with Crippen LogP contribution in [0, 0.1) is 0 Å². The van der Waals surface area contributed by atoms with Crippen LogP contribution in [0.5, 0.6) is 5.75 Å². The minimum Gasteiger partial charge on any atom is -0.452 e. The molecular weight excluding hydrogens is 376 g/mol. The molecule has 2 aromatic rings. The van der Waals surface area contributed by atoms with Crippen molar-refractivity contribution >= 4 is 23.6 Å². The second-order valence-electron chi connectivity index (χ2n) is 5.32. The van der Waals surface area contributed by atoms with E-state index in [1.54, 1.807) is 11.8 Å². The molecule has 0 unspecified atom stereocenters. The molecule has 0 bridgehead atoms. The van der Waals surface area contributed by atoms with E-state index in [0.717, 1.165) is 17.1 Å². The number of carbonyl (C=O) groups excluding carboxylic acids is 2. The standard InChI is InChI=1S/C19H19F2NO4S/c20-19(21)26-16-10-5-4-9-15(16)18(24)25-13-17(23)22-11-6-12-27-14-7-2-1-3-8-14/h1-5,7-10,19H,6,11-13H2,(H,22,23). The van der Waals surface area contributed by atoms with Crippen LogP contribution >= 0.6 is 11.8 Å². The first-order valence-electron chi connectivity index (χ1n) is 8.22. The highest BCUT2D eigenvalue weighted by Gasteiger charge is 2.17. The van der Waals surface area contributed by atoms with Crippen molar-refractivity contribution in [1.82, 2.24) is 5.32 Å². The first-order valence-corrected chi connectivity index (χ1v) is 9.20. The molecule has 0 aliphatic heterocycles. The summed E-state index contributed by atoms with van der Waals surface area (Å²) in [7, 11) is 0. The van der Waals surface area contributed by atoms with Crippen molar-refractivity contribution in [3.8, 4) is 5.75 Å². The average Bonchev–Trinajstić information content (AvgIpc) is 2.66. The molecule has 1 amide bonds. The van der Waals surface area contributed by atoms with Crippen molar-refractivity contribution in [1.29, 1.82) is 0 Å². The average molecular weight is 395 g/mol. The number of esters is 1. The molecule has 0 saturated carbocycles. The molecular formula is C19H19F2NO4S. The number of thioether (sulfide) groups is 1. The Morgan fingerprint density at radius 1 is 1.04 bits per heavy atom. The molecule has 144 valence electrons. The molecule has 0 saturated heterocycles. The molecule has 0 spiro atoms. The summed E-state index contributed by atoms with van der Waals surface area (Å²) < 4.78 is 33.8. The van der Waals surface area contributed by atoms with Gasteiger partial charge in [0.15, 0.2) is 6.61 Å². The minimum absolute atomic E-state index is 0.162. The maximum Gasteiger partial charge on any atom is 0.387 e. The predicted molar refractivity (Wildman–Crippen MR) is 98.1 cm³/mol. The molecule has 27 heavy (non-hydrogen) atoms. The zero-order valence-corrected chi connectivity index (χ0v) is 15.2. The SMILES string of the molecule is O=C(COC(=O)c1ccccc1OC(F)F)NCCCSc1ccccc1. The van der Waals surface area contributed by atoms with Crippen LogP contribution in [0.2, 0.25) is 0 Å². The van der Waals surface area contributed by atoms with E-state index in [1.165, 1.54) is 24.3 Å². The largest absolute Gasteiger partial charge is 0.452 e. The highest BCUT2D eigenvalue weighted by molar-refractivity contribution is 7.99.